The van der Waals surface area contributed by atoms with Crippen LogP contribution < -0.4 is 4.74 Å². The number of carbonyl (C=O) groups is 3. The largest absolute Gasteiger partial charge is 0.482 e. The quantitative estimate of drug-likeness (QED) is 0.494. The second-order valence-corrected chi connectivity index (χ2v) is 7.46. The number of amides is 1. The van der Waals surface area contributed by atoms with Crippen LogP contribution in [0.15, 0.2) is 42.5 Å². The third-order valence-electron chi connectivity index (χ3n) is 4.56. The van der Waals surface area contributed by atoms with Gasteiger partial charge in [0.15, 0.2) is 12.4 Å². The molecule has 7 nitrogen and oxygen atoms in total. The van der Waals surface area contributed by atoms with Gasteiger partial charge in [0.2, 0.25) is 0 Å². The van der Waals surface area contributed by atoms with Crippen molar-refractivity contribution in [3.05, 3.63) is 64.7 Å². The fourth-order valence-electron chi connectivity index (χ4n) is 3.02. The minimum atomic E-state index is -0.449. The van der Waals surface area contributed by atoms with Crippen molar-refractivity contribution >= 4 is 17.7 Å². The first kappa shape index (κ1) is 21.1. The zero-order valence-electron chi connectivity index (χ0n) is 16.9. The molecule has 0 bridgehead atoms. The van der Waals surface area contributed by atoms with Crippen molar-refractivity contribution in [2.75, 3.05) is 19.8 Å². The van der Waals surface area contributed by atoms with Crippen LogP contribution in [0.3, 0.4) is 0 Å². The molecule has 1 aliphatic heterocycles. The molecule has 0 fully saturated rings. The second-order valence-electron chi connectivity index (χ2n) is 7.46. The van der Waals surface area contributed by atoms with Crippen LogP contribution in [-0.4, -0.2) is 42.3 Å². The van der Waals surface area contributed by atoms with Crippen molar-refractivity contribution in [3.8, 4) is 11.8 Å². The molecule has 0 aliphatic carbocycles. The maximum atomic E-state index is 12.6. The van der Waals surface area contributed by atoms with Gasteiger partial charge < -0.3 is 14.4 Å². The summed E-state index contributed by atoms with van der Waals surface area (Å²) >= 11 is 0. The van der Waals surface area contributed by atoms with Gasteiger partial charge in [-0.1, -0.05) is 13.8 Å². The second kappa shape index (κ2) is 9.23. The maximum Gasteiger partial charge on any atom is 0.344 e. The lowest BCUT2D eigenvalue weighted by atomic mass is 10.1. The molecule has 0 unspecified atom stereocenters. The Labute approximate surface area is 174 Å². The summed E-state index contributed by atoms with van der Waals surface area (Å²) in [4.78, 5) is 38.1. The predicted octanol–water partition coefficient (Wildman–Crippen LogP) is 2.97. The molecule has 2 aromatic rings. The van der Waals surface area contributed by atoms with Gasteiger partial charge in [-0.05, 0) is 53.9 Å². The van der Waals surface area contributed by atoms with Crippen molar-refractivity contribution in [1.29, 1.82) is 5.26 Å². The monoisotopic (exact) mass is 406 g/mol. The molecule has 3 rings (SSSR count). The Balaban J connectivity index is 1.55. The van der Waals surface area contributed by atoms with Gasteiger partial charge in [0.1, 0.15) is 5.75 Å². The Bertz CT molecular complexity index is 1010. The summed E-state index contributed by atoms with van der Waals surface area (Å²) in [5.74, 6) is -0.178. The van der Waals surface area contributed by atoms with E-state index in [-0.39, 0.29) is 30.8 Å². The van der Waals surface area contributed by atoms with Crippen molar-refractivity contribution in [2.45, 2.75) is 20.4 Å². The summed E-state index contributed by atoms with van der Waals surface area (Å²) in [5, 5.41) is 9.00. The fourth-order valence-corrected chi connectivity index (χ4v) is 3.02. The summed E-state index contributed by atoms with van der Waals surface area (Å²) in [5.41, 5.74) is 2.19. The minimum Gasteiger partial charge on any atom is -0.482 e. The lowest BCUT2D eigenvalue weighted by Crippen LogP contribution is -2.30. The molecule has 154 valence electrons. The van der Waals surface area contributed by atoms with Gasteiger partial charge in [0.25, 0.3) is 5.91 Å². The molecule has 0 saturated heterocycles. The van der Waals surface area contributed by atoms with Crippen LogP contribution in [0.4, 0.5) is 0 Å². The molecule has 0 N–H and O–H groups in total. The van der Waals surface area contributed by atoms with E-state index in [1.807, 2.05) is 19.9 Å². The molecule has 7 heteroatoms. The van der Waals surface area contributed by atoms with E-state index >= 15 is 0 Å². The lowest BCUT2D eigenvalue weighted by Gasteiger charge is -2.14. The molecule has 1 amide bonds. The van der Waals surface area contributed by atoms with E-state index in [0.717, 1.165) is 5.56 Å². The molecule has 0 saturated carbocycles. The molecule has 30 heavy (non-hydrogen) atoms. The van der Waals surface area contributed by atoms with E-state index in [4.69, 9.17) is 14.7 Å². The average molecular weight is 406 g/mol. The van der Waals surface area contributed by atoms with Crippen molar-refractivity contribution in [1.82, 2.24) is 4.90 Å². The molecule has 1 aliphatic rings. The lowest BCUT2D eigenvalue weighted by molar-refractivity contribution is -0.147. The molecule has 0 radical (unpaired) electrons. The summed E-state index contributed by atoms with van der Waals surface area (Å²) in [6, 6.07) is 13.3. The number of benzene rings is 2. The Morgan fingerprint density at radius 2 is 1.90 bits per heavy atom. The summed E-state index contributed by atoms with van der Waals surface area (Å²) in [6.07, 6.45) is 0. The van der Waals surface area contributed by atoms with Crippen LogP contribution in [0.5, 0.6) is 5.75 Å². The van der Waals surface area contributed by atoms with Crippen LogP contribution in [0, 0.1) is 17.2 Å². The van der Waals surface area contributed by atoms with E-state index in [2.05, 4.69) is 0 Å². The van der Waals surface area contributed by atoms with Gasteiger partial charge in [-0.2, -0.15) is 5.26 Å². The van der Waals surface area contributed by atoms with Crippen LogP contribution in [-0.2, 0) is 16.1 Å². The van der Waals surface area contributed by atoms with Crippen molar-refractivity contribution in [3.63, 3.8) is 0 Å². The van der Waals surface area contributed by atoms with Gasteiger partial charge in [-0.25, -0.2) is 4.79 Å². The Kier molecular flexibility index (Phi) is 6.48. The number of hydrogen-bond acceptors (Lipinski definition) is 6. The van der Waals surface area contributed by atoms with E-state index < -0.39 is 5.97 Å². The number of ketones is 1. The smallest absolute Gasteiger partial charge is 0.344 e. The Morgan fingerprint density at radius 3 is 2.57 bits per heavy atom. The van der Waals surface area contributed by atoms with E-state index in [1.54, 1.807) is 42.5 Å². The standard InChI is InChI=1S/C23H22N2O5/c1-15(2)13-30-22(27)14-29-19-6-4-17(5-7-19)21(26)12-25-11-18-9-16(10-24)3-8-20(18)23(25)28/h3-9,15H,11-14H2,1-2H3. The van der Waals surface area contributed by atoms with Crippen molar-refractivity contribution in [2.24, 2.45) is 5.92 Å². The highest BCUT2D eigenvalue weighted by Crippen LogP contribution is 2.24. The molecule has 0 atom stereocenters. The Morgan fingerprint density at radius 1 is 1.17 bits per heavy atom. The number of rotatable bonds is 8. The average Bonchev–Trinajstić information content (AvgIpc) is 3.05. The molecule has 0 spiro atoms. The number of esters is 1. The minimum absolute atomic E-state index is 0.0584. The maximum absolute atomic E-state index is 12.6. The number of fused-ring (bicyclic) bond motifs is 1. The first-order valence-electron chi connectivity index (χ1n) is 9.61. The highest BCUT2D eigenvalue weighted by Gasteiger charge is 2.29. The van der Waals surface area contributed by atoms with Crippen LogP contribution >= 0.6 is 0 Å². The topological polar surface area (TPSA) is 96.7 Å². The predicted molar refractivity (Wildman–Crippen MR) is 108 cm³/mol. The van der Waals surface area contributed by atoms with E-state index in [1.165, 1.54) is 4.90 Å². The highest BCUT2D eigenvalue weighted by atomic mass is 16.6. The molecule has 0 aromatic heterocycles. The van der Waals surface area contributed by atoms with Crippen molar-refractivity contribution < 1.29 is 23.9 Å². The zero-order valence-corrected chi connectivity index (χ0v) is 16.9. The van der Waals surface area contributed by atoms with Gasteiger partial charge in [0, 0.05) is 17.7 Å². The third kappa shape index (κ3) is 5.03. The third-order valence-corrected chi connectivity index (χ3v) is 4.56. The van der Waals surface area contributed by atoms with Gasteiger partial charge in [0.05, 0.1) is 24.8 Å². The first-order valence-corrected chi connectivity index (χ1v) is 9.61. The zero-order chi connectivity index (χ0) is 21.7. The SMILES string of the molecule is CC(C)COC(=O)COc1ccc(C(=O)CN2Cc3cc(C#N)ccc3C2=O)cc1. The fraction of sp³-hybridized carbons (Fsp3) is 0.304. The molecule has 1 heterocycles. The number of nitriles is 1. The number of ether oxygens (including phenoxy) is 2. The summed E-state index contributed by atoms with van der Waals surface area (Å²) in [6.45, 7) is 4.27. The highest BCUT2D eigenvalue weighted by molar-refractivity contribution is 6.04. The summed E-state index contributed by atoms with van der Waals surface area (Å²) < 4.78 is 10.4. The van der Waals surface area contributed by atoms with Gasteiger partial charge in [-0.15, -0.1) is 0 Å². The summed E-state index contributed by atoms with van der Waals surface area (Å²) in [7, 11) is 0. The van der Waals surface area contributed by atoms with Gasteiger partial charge >= 0.3 is 5.97 Å². The number of nitrogens with zero attached hydrogens (tertiary/aromatic N) is 2. The molecule has 2 aromatic carbocycles. The number of Topliss-reactive ketones (excluding diaryl/α,β-unsaturated/α-hetero) is 1. The molecular weight excluding hydrogens is 384 g/mol. The van der Waals surface area contributed by atoms with Crippen LogP contribution in [0.2, 0.25) is 0 Å². The molecular formula is C23H22N2O5. The van der Waals surface area contributed by atoms with E-state index in [0.29, 0.717) is 35.6 Å². The number of carbonyl (C=O) groups excluding carboxylic acids is 3. The first-order chi connectivity index (χ1) is 14.4. The van der Waals surface area contributed by atoms with Crippen LogP contribution in [0.25, 0.3) is 0 Å². The van der Waals surface area contributed by atoms with Gasteiger partial charge in [-0.3, -0.25) is 9.59 Å². The van der Waals surface area contributed by atoms with E-state index in [9.17, 15) is 14.4 Å². The normalized spacial score (nSPS) is 12.5. The Hall–Kier alpha value is -3.66. The van der Waals surface area contributed by atoms with Crippen LogP contribution in [0.1, 0.15) is 45.7 Å². The number of hydrogen-bond donors (Lipinski definition) is 0.